The van der Waals surface area contributed by atoms with Crippen molar-refractivity contribution in [2.45, 2.75) is 367 Å². The molecule has 0 aliphatic carbocycles. The van der Waals surface area contributed by atoms with Gasteiger partial charge in [-0.2, -0.15) is 0 Å². The summed E-state index contributed by atoms with van der Waals surface area (Å²) in [4.78, 5) is 139. The molecule has 654 valence electrons. The van der Waals surface area contributed by atoms with Gasteiger partial charge in [0.1, 0.15) is 60.8 Å². The Hall–Kier alpha value is -5.83. The average molecular weight is 1720 g/mol. The number of nitrogens with zero attached hydrogens (tertiary/aromatic N) is 2. The van der Waals surface area contributed by atoms with Crippen molar-refractivity contribution < 1.29 is 79.2 Å². The van der Waals surface area contributed by atoms with E-state index in [1.807, 2.05) is 97.3 Å². The fourth-order valence-corrected chi connectivity index (χ4v) is 19.8. The minimum atomic E-state index is -3.05. The number of carbonyl (C=O) groups excluding carboxylic acids is 9. The van der Waals surface area contributed by atoms with E-state index in [9.17, 15) is 19.2 Å². The number of amides is 9. The standard InChI is InChI=1S/C83H151N9O17Si6/c1-53-50-92(67(69(84)94)68(53)109-115(35,36)83(22,23)24)74(99)65(55(3)105-111(27,28)79(10,11)12)89-72(97)66(62(108-114(33,34)82(19,20)21)46-56-42-44-58(45-43-56)106-112(29,30)80(13,14)15)90-71(96)61-47-59(107-113(31,32)81(16,17)18)51-91(61)73(98)64(54(2)104-110(25,26)78(7,8)9)88-70(95)60(48-85-76(101)103-77(4,5)6)87-63(93)49-86-75(100)102-52-57-40-38-37-39-41-57/h37-45,53-55,59-62,64-68H,46-52H2,1-36H3,(H2,84,94)(H,85,101)(H,86,100)(H,87,93)(H,88,95)(H,89,97)(H,90,96). The largest absolute Gasteiger partial charge is 0.544 e. The molecule has 12 unspecified atom stereocenters. The third kappa shape index (κ3) is 28.1. The van der Waals surface area contributed by atoms with E-state index in [2.05, 4.69) is 175 Å². The van der Waals surface area contributed by atoms with E-state index in [0.717, 1.165) is 0 Å². The number of carbonyl (C=O) groups is 9. The van der Waals surface area contributed by atoms with E-state index in [1.165, 1.54) is 9.80 Å². The Labute approximate surface area is 696 Å². The molecule has 4 rings (SSSR count). The molecule has 0 radical (unpaired) electrons. The van der Waals surface area contributed by atoms with Crippen LogP contribution in [0.3, 0.4) is 0 Å². The Balaban J connectivity index is 2.10. The second-order valence-corrected chi connectivity index (χ2v) is 70.6. The first kappa shape index (κ1) is 102. The van der Waals surface area contributed by atoms with Crippen LogP contribution >= 0.6 is 0 Å². The summed E-state index contributed by atoms with van der Waals surface area (Å²) in [6.45, 7) is 70.9. The zero-order chi connectivity index (χ0) is 88.7. The van der Waals surface area contributed by atoms with Crippen molar-refractivity contribution in [1.29, 1.82) is 0 Å². The fraction of sp³-hybridized carbons (Fsp3) is 0.747. The first-order valence-electron chi connectivity index (χ1n) is 41.0. The van der Waals surface area contributed by atoms with Crippen LogP contribution in [-0.4, -0.2) is 212 Å². The Morgan fingerprint density at radius 3 is 1.41 bits per heavy atom. The highest BCUT2D eigenvalue weighted by molar-refractivity contribution is 6.76. The summed E-state index contributed by atoms with van der Waals surface area (Å²) in [5.74, 6) is -5.42. The lowest BCUT2D eigenvalue weighted by Gasteiger charge is -2.43. The first-order chi connectivity index (χ1) is 51.8. The highest BCUT2D eigenvalue weighted by atomic mass is 28.4. The SMILES string of the molecule is CC1CN(C(=O)C(NC(=O)C(NC(=O)C2CC(O[Si](C)(C)C(C)(C)C)CN2C(=O)C(NC(=O)C(CNC(=O)OC(C)(C)C)NC(=O)CNC(=O)OCc2ccccc2)C(C)O[Si](C)(C)C(C)(C)C)C(Cc2ccc(O[Si](C)(C)C(C)(C)C)cc2)O[Si](C)(C)C(C)(C)C)C(C)O[Si](C)(C)C(C)(C)C)C(C(N)=O)C1O[Si](C)(C)C(C)(C)C. The second-order valence-electron chi connectivity index (χ2n) is 42.1. The van der Waals surface area contributed by atoms with Crippen LogP contribution in [0.25, 0.3) is 0 Å². The van der Waals surface area contributed by atoms with Crippen molar-refractivity contribution >= 4 is 103 Å². The fourth-order valence-electron chi connectivity index (χ4n) is 11.9. The molecule has 2 aliphatic heterocycles. The maximum atomic E-state index is 16.8. The van der Waals surface area contributed by atoms with E-state index >= 15 is 24.0 Å². The maximum Gasteiger partial charge on any atom is 0.407 e. The van der Waals surface area contributed by atoms with Gasteiger partial charge in [-0.3, -0.25) is 33.6 Å². The molecule has 0 aromatic heterocycles. The van der Waals surface area contributed by atoms with Crippen LogP contribution < -0.4 is 42.1 Å². The van der Waals surface area contributed by atoms with Gasteiger partial charge in [0.05, 0.1) is 37.1 Å². The van der Waals surface area contributed by atoms with E-state index in [0.29, 0.717) is 16.9 Å². The molecule has 2 aromatic rings. The Bertz CT molecular complexity index is 3670. The zero-order valence-corrected chi connectivity index (χ0v) is 83.0. The Morgan fingerprint density at radius 2 is 0.948 bits per heavy atom. The van der Waals surface area contributed by atoms with Gasteiger partial charge in [-0.25, -0.2) is 9.59 Å². The molecule has 9 amide bonds. The number of likely N-dealkylation sites (tertiary alicyclic amines) is 2. The van der Waals surface area contributed by atoms with Gasteiger partial charge < -0.3 is 83.5 Å². The molecule has 2 heterocycles. The molecule has 0 spiro atoms. The van der Waals surface area contributed by atoms with Gasteiger partial charge in [0.25, 0.3) is 0 Å². The minimum absolute atomic E-state index is 0.0233. The zero-order valence-electron chi connectivity index (χ0n) is 77.0. The smallest absolute Gasteiger partial charge is 0.407 e. The Kier molecular flexibility index (Phi) is 33.8. The highest BCUT2D eigenvalue weighted by Crippen LogP contribution is 2.45. The molecular formula is C83H151N9O17Si6. The topological polar surface area (TPSA) is 332 Å². The number of nitrogens with two attached hydrogens (primary N) is 1. The molecule has 2 saturated heterocycles. The van der Waals surface area contributed by atoms with Crippen molar-refractivity contribution in [2.75, 3.05) is 26.2 Å². The maximum absolute atomic E-state index is 16.8. The summed E-state index contributed by atoms with van der Waals surface area (Å²) in [5.41, 5.74) is 6.83. The third-order valence-electron chi connectivity index (χ3n) is 25.1. The van der Waals surface area contributed by atoms with Crippen LogP contribution in [0.2, 0.25) is 109 Å². The van der Waals surface area contributed by atoms with Crippen LogP contribution in [0.5, 0.6) is 5.75 Å². The summed E-state index contributed by atoms with van der Waals surface area (Å²) in [7, 11) is -16.5. The number of rotatable bonds is 33. The molecule has 26 nitrogen and oxygen atoms in total. The predicted molar refractivity (Wildman–Crippen MR) is 470 cm³/mol. The summed E-state index contributed by atoms with van der Waals surface area (Å²) < 4.78 is 53.5. The molecule has 32 heteroatoms. The Morgan fingerprint density at radius 1 is 0.496 bits per heavy atom. The molecule has 2 aromatic carbocycles. The summed E-state index contributed by atoms with van der Waals surface area (Å²) >= 11 is 0. The number of nitrogens with one attached hydrogen (secondary N) is 6. The van der Waals surface area contributed by atoms with Crippen molar-refractivity contribution in [3.05, 3.63) is 65.7 Å². The van der Waals surface area contributed by atoms with E-state index < -0.39 is 204 Å². The molecule has 12 atom stereocenters. The van der Waals surface area contributed by atoms with Crippen LogP contribution in [0.15, 0.2) is 54.6 Å². The minimum Gasteiger partial charge on any atom is -0.544 e. The normalized spacial score (nSPS) is 19.8. The van der Waals surface area contributed by atoms with Crippen molar-refractivity contribution in [3.63, 3.8) is 0 Å². The van der Waals surface area contributed by atoms with Crippen LogP contribution in [0, 0.1) is 5.92 Å². The van der Waals surface area contributed by atoms with E-state index in [1.54, 1.807) is 58.9 Å². The van der Waals surface area contributed by atoms with Gasteiger partial charge in [-0.1, -0.05) is 174 Å². The number of hydrogen-bond donors (Lipinski definition) is 7. The quantitative estimate of drug-likeness (QED) is 0.0326. The van der Waals surface area contributed by atoms with Gasteiger partial charge in [0.15, 0.2) is 41.6 Å². The van der Waals surface area contributed by atoms with Gasteiger partial charge in [-0.15, -0.1) is 0 Å². The molecule has 0 bridgehead atoms. The molecule has 2 aliphatic rings. The van der Waals surface area contributed by atoms with E-state index in [4.69, 9.17) is 41.8 Å². The van der Waals surface area contributed by atoms with Crippen molar-refractivity contribution in [3.8, 4) is 5.75 Å². The number of hydrogen-bond acceptors (Lipinski definition) is 17. The molecular weight excluding hydrogens is 1560 g/mol. The van der Waals surface area contributed by atoms with Gasteiger partial charge in [-0.05, 0) is 173 Å². The number of alkyl carbamates (subject to hydrolysis) is 2. The summed E-state index contributed by atoms with van der Waals surface area (Å²) in [6, 6.07) is 7.36. The van der Waals surface area contributed by atoms with Crippen LogP contribution in [-0.2, 0) is 78.2 Å². The lowest BCUT2D eigenvalue weighted by atomic mass is 9.99. The highest BCUT2D eigenvalue weighted by Gasteiger charge is 2.56. The monoisotopic (exact) mass is 1710 g/mol. The van der Waals surface area contributed by atoms with Crippen LogP contribution in [0.4, 0.5) is 9.59 Å². The van der Waals surface area contributed by atoms with Crippen LogP contribution in [0.1, 0.15) is 184 Å². The summed E-state index contributed by atoms with van der Waals surface area (Å²) in [5, 5.41) is 14.7. The number of benzene rings is 2. The van der Waals surface area contributed by atoms with Crippen molar-refractivity contribution in [1.82, 2.24) is 41.7 Å². The van der Waals surface area contributed by atoms with Gasteiger partial charge in [0, 0.05) is 25.4 Å². The second kappa shape index (κ2) is 38.3. The van der Waals surface area contributed by atoms with Crippen molar-refractivity contribution in [2.24, 2.45) is 11.7 Å². The summed E-state index contributed by atoms with van der Waals surface area (Å²) in [6.07, 6.45) is -6.93. The lowest BCUT2D eigenvalue weighted by Crippen LogP contribution is -2.66. The molecule has 115 heavy (non-hydrogen) atoms. The average Bonchev–Trinajstić information content (AvgIpc) is 1.67. The number of primary amides is 1. The molecule has 0 saturated carbocycles. The molecule has 2 fully saturated rings. The third-order valence-corrected chi connectivity index (χ3v) is 52.1. The number of ether oxygens (including phenoxy) is 2. The van der Waals surface area contributed by atoms with E-state index in [-0.39, 0.29) is 53.6 Å². The molecule has 8 N–H and O–H groups in total. The van der Waals surface area contributed by atoms with Gasteiger partial charge in [0.2, 0.25) is 49.7 Å². The predicted octanol–water partition coefficient (Wildman–Crippen LogP) is 13.9. The first-order valence-corrected chi connectivity index (χ1v) is 58.4. The lowest BCUT2D eigenvalue weighted by molar-refractivity contribution is -0.146. The van der Waals surface area contributed by atoms with Gasteiger partial charge >= 0.3 is 12.2 Å².